The van der Waals surface area contributed by atoms with Gasteiger partial charge in [-0.1, -0.05) is 521 Å². The Bertz CT molecular complexity index is 1360. The summed E-state index contributed by atoms with van der Waals surface area (Å²) >= 11 is 6.13. The van der Waals surface area contributed by atoms with Gasteiger partial charge in [-0.15, -0.1) is 11.3 Å². The largest absolute Gasteiger partial charge is 0.473 e. The molecule has 4 N–H and O–H groups in total. The Morgan fingerprint density at radius 3 is 0.697 bits per heavy atom. The maximum atomic E-state index is 4.58. The van der Waals surface area contributed by atoms with Crippen LogP contribution < -0.4 is 0 Å². The fourth-order valence-corrected chi connectivity index (χ4v) is 3.73. The Labute approximate surface area is 854 Å². The Kier molecular flexibility index (Phi) is 1240. The number of imidazole rings is 1. The SMILES string of the molecule is CC.CC.CC.CC.CC.CC.CC.CC.CC.CC.CC.CC.CC.CC.CC.CC.CC.CC.CC.CC.CC.CC.CC.CC.CC.CC.CC.CC.CC.CC.CC.CC.CC.CC.CC.CC.c1c[nH]cn1.c1cc[nH]c1.c1ccoc1.c1ccsc1.c1cn[nH]c1.c1cnoc1.c1cnsc1.c1cocn1.c1cscn1.c1nc[nH]n1.c1ncon1.c1ncsn1. The standard InChI is InChI=1S/C4H5N.C4H4O.C4H4S.2C3H4N2.2C3H3NO.2C3H3NS.C2H3N3.C2H2N2O.C2H2N2S.36C2H6/c3*1-2-4-5-3-1;1-2-5-3-4-1;1-2-4-5-3-1;1-2-5-3-4-1;1-2-4-5-3-1;1-2-5-3-4-1;1-2-4-5-3-1;3*1-3-2-5-4-1;36*1-2/h1-5H;2*1-4H;2*1-3H,(H,4,5);4*1-3H;1-2H,(H,3,4,5);2*1-2H;36*1-2H3. The van der Waals surface area contributed by atoms with Gasteiger partial charge >= 0.3 is 0 Å². The monoisotopic (exact) mass is 1970 g/mol. The third-order valence-corrected chi connectivity index (χ3v) is 6.55. The zero-order valence-electron chi connectivity index (χ0n) is 103. The molecule has 0 fully saturated rings. The molecule has 0 amide bonds. The second-order valence-electron chi connectivity index (χ2n) is 8.54. The van der Waals surface area contributed by atoms with Crippen molar-refractivity contribution in [3.63, 3.8) is 0 Å². The summed E-state index contributed by atoms with van der Waals surface area (Å²) in [6.07, 6.45) is 33.7. The van der Waals surface area contributed by atoms with Crippen molar-refractivity contribution >= 4 is 45.7 Å². The van der Waals surface area contributed by atoms with Gasteiger partial charge in [0.15, 0.2) is 12.7 Å². The number of hydrogen-bond donors (Lipinski definition) is 4. The van der Waals surface area contributed by atoms with Crippen molar-refractivity contribution in [3.8, 4) is 0 Å². The molecule has 0 aromatic carbocycles. The van der Waals surface area contributed by atoms with Crippen LogP contribution >= 0.6 is 45.7 Å². The highest BCUT2D eigenvalue weighted by molar-refractivity contribution is 7.07. The first kappa shape index (κ1) is 242. The summed E-state index contributed by atoms with van der Waals surface area (Å²) in [7, 11) is 0. The predicted octanol–water partition coefficient (Wildman–Crippen LogP) is 45.9. The molecule has 12 aromatic rings. The lowest BCUT2D eigenvalue weighted by atomic mass is 10.7. The van der Waals surface area contributed by atoms with Gasteiger partial charge in [-0.25, -0.2) is 29.3 Å². The smallest absolute Gasteiger partial charge is 0.213 e. The minimum Gasteiger partial charge on any atom is -0.473 e. The summed E-state index contributed by atoms with van der Waals surface area (Å²) in [5.74, 6) is 0. The first-order valence-electron chi connectivity index (χ1n) is 52.4. The van der Waals surface area contributed by atoms with Crippen LogP contribution in [0.2, 0.25) is 0 Å². The van der Waals surface area contributed by atoms with Crippen LogP contribution in [-0.2, 0) is 0 Å². The van der Waals surface area contributed by atoms with Crippen LogP contribution in [0.5, 0.6) is 0 Å². The first-order valence-corrected chi connectivity index (χ1v) is 55.9. The molecular weight excluding hydrogens is 1710 g/mol. The Morgan fingerprint density at radius 2 is 0.606 bits per heavy atom. The second-order valence-corrected chi connectivity index (χ2v) is 11.4. The maximum absolute atomic E-state index is 4.58. The van der Waals surface area contributed by atoms with E-state index in [0.29, 0.717) is 0 Å². The highest BCUT2D eigenvalue weighted by atomic mass is 32.1. The lowest BCUT2D eigenvalue weighted by Crippen LogP contribution is -1.53. The fourth-order valence-electron chi connectivity index (χ4n) is 2.30. The molecule has 0 bridgehead atoms. The van der Waals surface area contributed by atoms with Crippen LogP contribution in [0.15, 0.2) is 236 Å². The van der Waals surface area contributed by atoms with E-state index in [2.05, 4.69) is 97.2 Å². The van der Waals surface area contributed by atoms with Crippen molar-refractivity contribution in [2.24, 2.45) is 0 Å². The number of oxazole rings is 1. The molecule has 0 radical (unpaired) electrons. The van der Waals surface area contributed by atoms with E-state index in [1.807, 2.05) is 581 Å². The van der Waals surface area contributed by atoms with Crippen molar-refractivity contribution in [1.29, 1.82) is 0 Å². The molecule has 0 saturated carbocycles. The average molecular weight is 1970 g/mol. The number of furan rings is 1. The van der Waals surface area contributed by atoms with Gasteiger partial charge in [-0.2, -0.15) is 25.9 Å². The molecule has 0 saturated heterocycles. The van der Waals surface area contributed by atoms with Crippen molar-refractivity contribution < 1.29 is 17.9 Å². The van der Waals surface area contributed by atoms with E-state index < -0.39 is 0 Å². The van der Waals surface area contributed by atoms with Crippen LogP contribution in [0, 0.1) is 0 Å². The van der Waals surface area contributed by atoms with Gasteiger partial charge in [0.1, 0.15) is 37.0 Å². The molecule has 20 nitrogen and oxygen atoms in total. The van der Waals surface area contributed by atoms with Crippen LogP contribution in [-0.4, -0.2) is 79.3 Å². The molecular formula is C108H256N16O4S4. The zero-order chi connectivity index (χ0) is 114. The quantitative estimate of drug-likeness (QED) is 0.110. The first-order chi connectivity index (χ1) is 66.0. The lowest BCUT2D eigenvalue weighted by molar-refractivity contribution is 0.416. The fraction of sp³-hybridized carbons (Fsp3) is 0.667. The van der Waals surface area contributed by atoms with Gasteiger partial charge in [0.2, 0.25) is 6.39 Å². The second kappa shape index (κ2) is 675. The normalized spacial score (nSPS) is 5.27. The highest BCUT2D eigenvalue weighted by Crippen LogP contribution is 1.91. The number of aromatic amines is 4. The Hall–Kier alpha value is -7.80. The third-order valence-electron chi connectivity index (χ3n) is 4.44. The van der Waals surface area contributed by atoms with E-state index in [0.717, 1.165) is 0 Å². The molecule has 0 atom stereocenters. The predicted molar refractivity (Wildman–Crippen MR) is 637 cm³/mol. The topological polar surface area (TPSA) is 270 Å². The number of H-pyrrole nitrogens is 4. The minimum absolute atomic E-state index is 1.26. The highest BCUT2D eigenvalue weighted by Gasteiger charge is 1.65. The van der Waals surface area contributed by atoms with Crippen LogP contribution in [0.1, 0.15) is 499 Å². The Balaban J connectivity index is -0.0000000212. The van der Waals surface area contributed by atoms with Crippen molar-refractivity contribution in [3.05, 3.63) is 219 Å². The number of rotatable bonds is 0. The molecule has 0 unspecified atom stereocenters. The average Bonchev–Trinajstić information content (AvgIpc) is 2.22. The number of nitrogens with one attached hydrogen (secondary N) is 4. The molecule has 132 heavy (non-hydrogen) atoms. The molecule has 24 heteroatoms. The number of hydrogen-bond acceptors (Lipinski definition) is 20. The summed E-state index contributed by atoms with van der Waals surface area (Å²) in [5, 5.41) is 26.7. The molecule has 0 aliphatic rings. The van der Waals surface area contributed by atoms with Gasteiger partial charge in [0.25, 0.3) is 0 Å². The van der Waals surface area contributed by atoms with Crippen LogP contribution in [0.4, 0.5) is 0 Å². The van der Waals surface area contributed by atoms with E-state index in [4.69, 9.17) is 0 Å². The van der Waals surface area contributed by atoms with Gasteiger partial charge in [0, 0.05) is 60.3 Å². The van der Waals surface area contributed by atoms with Gasteiger partial charge in [-0.3, -0.25) is 15.2 Å². The zero-order valence-corrected chi connectivity index (χ0v) is 107. The van der Waals surface area contributed by atoms with E-state index in [9.17, 15) is 0 Å². The number of nitrogens with zero attached hydrogens (tertiary/aromatic N) is 12. The summed E-state index contributed by atoms with van der Waals surface area (Å²) in [6.45, 7) is 144. The van der Waals surface area contributed by atoms with Gasteiger partial charge < -0.3 is 27.8 Å². The third kappa shape index (κ3) is 659. The molecule has 12 heterocycles. The minimum atomic E-state index is 1.26. The summed E-state index contributed by atoms with van der Waals surface area (Å²) < 4.78 is 25.0. The van der Waals surface area contributed by atoms with Crippen LogP contribution in [0.25, 0.3) is 0 Å². The molecule has 0 aliphatic heterocycles. The number of thiazole rings is 1. The number of thiophene rings is 1. The molecule has 0 spiro atoms. The molecule has 12 aromatic heterocycles. The van der Waals surface area contributed by atoms with E-state index >= 15 is 0 Å². The van der Waals surface area contributed by atoms with E-state index in [-0.39, 0.29) is 0 Å². The van der Waals surface area contributed by atoms with Gasteiger partial charge in [-0.05, 0) is 76.3 Å². The van der Waals surface area contributed by atoms with E-state index in [1.54, 1.807) is 108 Å². The summed E-state index contributed by atoms with van der Waals surface area (Å²) in [6, 6.07) is 17.1. The summed E-state index contributed by atoms with van der Waals surface area (Å²) in [5.41, 5.74) is 3.47. The van der Waals surface area contributed by atoms with Crippen LogP contribution in [0.3, 0.4) is 0 Å². The molecule has 0 aliphatic carbocycles. The van der Waals surface area contributed by atoms with Gasteiger partial charge in [0.05, 0.1) is 36.8 Å². The Morgan fingerprint density at radius 1 is 0.197 bits per heavy atom. The lowest BCUT2D eigenvalue weighted by Gasteiger charge is -1.50. The number of aromatic nitrogens is 16. The van der Waals surface area contributed by atoms with Crippen molar-refractivity contribution in [2.45, 2.75) is 499 Å². The van der Waals surface area contributed by atoms with E-state index in [1.165, 1.54) is 73.7 Å². The molecule has 12 rings (SSSR count). The molecule has 816 valence electrons. The maximum Gasteiger partial charge on any atom is 0.213 e. The van der Waals surface area contributed by atoms with Crippen molar-refractivity contribution in [2.75, 3.05) is 0 Å². The van der Waals surface area contributed by atoms with Crippen molar-refractivity contribution in [1.82, 2.24) is 79.3 Å². The summed E-state index contributed by atoms with van der Waals surface area (Å²) in [4.78, 5) is 27.2.